The van der Waals surface area contributed by atoms with Crippen LogP contribution in [0.3, 0.4) is 0 Å². The summed E-state index contributed by atoms with van der Waals surface area (Å²) in [5.74, 6) is 0.482. The first kappa shape index (κ1) is 17.8. The highest BCUT2D eigenvalue weighted by Gasteiger charge is 2.45. The zero-order chi connectivity index (χ0) is 18.1. The molecule has 2 aliphatic heterocycles. The smallest absolute Gasteiger partial charge is 0.240 e. The van der Waals surface area contributed by atoms with Crippen LogP contribution in [0.2, 0.25) is 5.02 Å². The van der Waals surface area contributed by atoms with Gasteiger partial charge in [-0.15, -0.1) is 11.8 Å². The number of benzene rings is 2. The fourth-order valence-corrected chi connectivity index (χ4v) is 4.93. The Bertz CT molecular complexity index is 807. The van der Waals surface area contributed by atoms with Crippen molar-refractivity contribution in [2.24, 2.45) is 0 Å². The lowest BCUT2D eigenvalue weighted by atomic mass is 9.90. The summed E-state index contributed by atoms with van der Waals surface area (Å²) >= 11 is 7.64. The van der Waals surface area contributed by atoms with E-state index in [1.54, 1.807) is 17.8 Å². The number of nitrogens with one attached hydrogen (secondary N) is 3. The fraction of sp³-hybridized carbons (Fsp3) is 0.316. The first-order valence-electron chi connectivity index (χ1n) is 8.52. The number of halogens is 2. The Morgan fingerprint density at radius 3 is 2.77 bits per heavy atom. The third kappa shape index (κ3) is 3.60. The number of carbonyl (C=O) groups is 1. The Morgan fingerprint density at radius 1 is 1.19 bits per heavy atom. The van der Waals surface area contributed by atoms with Crippen LogP contribution in [0.5, 0.6) is 0 Å². The van der Waals surface area contributed by atoms with Gasteiger partial charge in [-0.2, -0.15) is 0 Å². The van der Waals surface area contributed by atoms with Crippen LogP contribution < -0.4 is 16.0 Å². The number of amides is 1. The molecule has 0 saturated carbocycles. The summed E-state index contributed by atoms with van der Waals surface area (Å²) in [6.45, 7) is 0.765. The van der Waals surface area contributed by atoms with Crippen LogP contribution in [0.25, 0.3) is 0 Å². The lowest BCUT2D eigenvalue weighted by molar-refractivity contribution is -0.125. The number of hydrogen-bond acceptors (Lipinski definition) is 4. The maximum atomic E-state index is 13.2. The van der Waals surface area contributed by atoms with Crippen molar-refractivity contribution < 1.29 is 9.18 Å². The summed E-state index contributed by atoms with van der Waals surface area (Å²) in [6, 6.07) is 14.4. The van der Waals surface area contributed by atoms with Crippen molar-refractivity contribution in [2.45, 2.75) is 29.3 Å². The molecule has 0 bridgehead atoms. The lowest BCUT2D eigenvalue weighted by Crippen LogP contribution is -2.64. The normalized spacial score (nSPS) is 27.8. The highest BCUT2D eigenvalue weighted by atomic mass is 35.5. The maximum Gasteiger partial charge on any atom is 0.240 e. The van der Waals surface area contributed by atoms with Crippen LogP contribution in [-0.2, 0) is 10.5 Å². The van der Waals surface area contributed by atoms with Crippen molar-refractivity contribution in [3.8, 4) is 0 Å². The summed E-state index contributed by atoms with van der Waals surface area (Å²) in [5.41, 5.74) is 1.86. The molecule has 2 aromatic carbocycles. The Morgan fingerprint density at radius 2 is 2.00 bits per heavy atom. The van der Waals surface area contributed by atoms with Gasteiger partial charge < -0.3 is 10.6 Å². The Labute approximate surface area is 160 Å². The molecule has 0 aliphatic carbocycles. The van der Waals surface area contributed by atoms with E-state index >= 15 is 0 Å². The molecule has 26 heavy (non-hydrogen) atoms. The molecule has 2 fully saturated rings. The van der Waals surface area contributed by atoms with E-state index in [0.717, 1.165) is 12.1 Å². The summed E-state index contributed by atoms with van der Waals surface area (Å²) < 4.78 is 13.2. The highest BCUT2D eigenvalue weighted by molar-refractivity contribution is 7.99. The molecule has 4 rings (SSSR count). The summed E-state index contributed by atoms with van der Waals surface area (Å²) in [4.78, 5) is 12.5. The number of carbonyl (C=O) groups excluding carboxylic acids is 1. The van der Waals surface area contributed by atoms with Gasteiger partial charge in [0.25, 0.3) is 0 Å². The predicted octanol–water partition coefficient (Wildman–Crippen LogP) is 2.84. The van der Waals surface area contributed by atoms with Crippen LogP contribution in [0.15, 0.2) is 48.5 Å². The molecule has 2 saturated heterocycles. The third-order valence-electron chi connectivity index (χ3n) is 4.90. The molecular formula is C19H19ClFN3OS. The minimum atomic E-state index is -0.349. The van der Waals surface area contributed by atoms with Gasteiger partial charge in [0.2, 0.25) is 5.91 Å². The molecule has 7 heteroatoms. The van der Waals surface area contributed by atoms with Crippen molar-refractivity contribution in [3.63, 3.8) is 0 Å². The molecule has 2 heterocycles. The van der Waals surface area contributed by atoms with E-state index in [0.29, 0.717) is 10.8 Å². The van der Waals surface area contributed by atoms with Crippen molar-refractivity contribution in [1.82, 2.24) is 16.0 Å². The molecule has 0 spiro atoms. The van der Waals surface area contributed by atoms with Gasteiger partial charge in [0.05, 0.1) is 0 Å². The zero-order valence-corrected chi connectivity index (χ0v) is 15.5. The van der Waals surface area contributed by atoms with E-state index in [2.05, 4.69) is 28.1 Å². The summed E-state index contributed by atoms with van der Waals surface area (Å²) in [5, 5.41) is 10.3. The Hall–Kier alpha value is -1.60. The largest absolute Gasteiger partial charge is 0.330 e. The molecule has 4 unspecified atom stereocenters. The Kier molecular flexibility index (Phi) is 5.18. The number of fused-ring (bicyclic) bond motifs is 1. The second-order valence-corrected chi connectivity index (χ2v) is 8.03. The van der Waals surface area contributed by atoms with E-state index < -0.39 is 0 Å². The van der Waals surface area contributed by atoms with Gasteiger partial charge in [-0.1, -0.05) is 48.0 Å². The molecule has 4 nitrogen and oxygen atoms in total. The SMILES string of the molecule is O=C1NC(SCc2ccc(F)cc2Cl)NC2C1NCC2c1ccccc1. The van der Waals surface area contributed by atoms with Gasteiger partial charge in [-0.25, -0.2) is 4.39 Å². The molecule has 1 amide bonds. The van der Waals surface area contributed by atoms with Crippen molar-refractivity contribution in [2.75, 3.05) is 6.54 Å². The number of hydrogen-bond donors (Lipinski definition) is 3. The van der Waals surface area contributed by atoms with Gasteiger partial charge in [0.15, 0.2) is 0 Å². The van der Waals surface area contributed by atoms with E-state index in [-0.39, 0.29) is 35.2 Å². The van der Waals surface area contributed by atoms with Gasteiger partial charge >= 0.3 is 0 Å². The molecule has 2 aromatic rings. The van der Waals surface area contributed by atoms with Crippen molar-refractivity contribution >= 4 is 29.3 Å². The van der Waals surface area contributed by atoms with Crippen LogP contribution >= 0.6 is 23.4 Å². The van der Waals surface area contributed by atoms with Crippen LogP contribution in [-0.4, -0.2) is 30.0 Å². The molecule has 4 atom stereocenters. The summed E-state index contributed by atoms with van der Waals surface area (Å²) in [7, 11) is 0. The minimum absolute atomic E-state index is 0.00915. The third-order valence-corrected chi connectivity index (χ3v) is 6.32. The van der Waals surface area contributed by atoms with Gasteiger partial charge in [0, 0.05) is 29.3 Å². The van der Waals surface area contributed by atoms with Crippen LogP contribution in [0, 0.1) is 5.82 Å². The monoisotopic (exact) mass is 391 g/mol. The molecule has 0 radical (unpaired) electrons. The van der Waals surface area contributed by atoms with Crippen LogP contribution in [0.4, 0.5) is 4.39 Å². The molecule has 0 aromatic heterocycles. The van der Waals surface area contributed by atoms with Gasteiger partial charge in [0.1, 0.15) is 17.4 Å². The average molecular weight is 392 g/mol. The van der Waals surface area contributed by atoms with Gasteiger partial charge in [-0.3, -0.25) is 10.1 Å². The van der Waals surface area contributed by atoms with Crippen molar-refractivity contribution in [3.05, 3.63) is 70.5 Å². The maximum absolute atomic E-state index is 13.2. The van der Waals surface area contributed by atoms with E-state index in [1.807, 2.05) is 18.2 Å². The quantitative estimate of drug-likeness (QED) is 0.750. The van der Waals surface area contributed by atoms with Crippen molar-refractivity contribution in [1.29, 1.82) is 0 Å². The topological polar surface area (TPSA) is 53.2 Å². The highest BCUT2D eigenvalue weighted by Crippen LogP contribution is 2.31. The number of thioether (sulfide) groups is 1. The molecular weight excluding hydrogens is 373 g/mol. The minimum Gasteiger partial charge on any atom is -0.330 e. The van der Waals surface area contributed by atoms with Gasteiger partial charge in [-0.05, 0) is 23.3 Å². The zero-order valence-electron chi connectivity index (χ0n) is 13.9. The first-order valence-corrected chi connectivity index (χ1v) is 9.95. The second kappa shape index (κ2) is 7.56. The van der Waals surface area contributed by atoms with E-state index in [4.69, 9.17) is 11.6 Å². The lowest BCUT2D eigenvalue weighted by Gasteiger charge is -2.35. The fourth-order valence-electron chi connectivity index (χ4n) is 3.57. The van der Waals surface area contributed by atoms with E-state index in [1.165, 1.54) is 17.7 Å². The standard InChI is InChI=1S/C19H19ClFN3OS/c20-15-8-13(21)7-6-12(15)10-26-19-23-16-14(11-4-2-1-3-5-11)9-22-17(16)18(25)24-19/h1-8,14,16-17,19,22-23H,9-10H2,(H,24,25). The summed E-state index contributed by atoms with van der Waals surface area (Å²) in [6.07, 6.45) is 0. The number of rotatable bonds is 4. The van der Waals surface area contributed by atoms with E-state index in [9.17, 15) is 9.18 Å². The van der Waals surface area contributed by atoms with Crippen LogP contribution in [0.1, 0.15) is 17.0 Å². The molecule has 136 valence electrons. The first-order chi connectivity index (χ1) is 12.6. The molecule has 3 N–H and O–H groups in total. The average Bonchev–Trinajstić information content (AvgIpc) is 3.06. The second-order valence-electron chi connectivity index (χ2n) is 6.53. The predicted molar refractivity (Wildman–Crippen MR) is 103 cm³/mol. The molecule has 2 aliphatic rings. The Balaban J connectivity index is 1.45.